The number of hydrogen-bond acceptors (Lipinski definition) is 3. The molecule has 5 nitrogen and oxygen atoms in total. The summed E-state index contributed by atoms with van der Waals surface area (Å²) >= 11 is 16.5. The van der Waals surface area contributed by atoms with Gasteiger partial charge in [0.2, 0.25) is 0 Å². The highest BCUT2D eigenvalue weighted by Crippen LogP contribution is 2.28. The second-order valence-corrected chi connectivity index (χ2v) is 6.47. The third-order valence-corrected chi connectivity index (χ3v) is 3.11. The molecule has 0 unspecified atom stereocenters. The molecule has 0 aliphatic carbocycles. The molecule has 0 bridgehead atoms. The first-order valence-electron chi connectivity index (χ1n) is 6.06. The predicted octanol–water partition coefficient (Wildman–Crippen LogP) is 3.64. The summed E-state index contributed by atoms with van der Waals surface area (Å²) in [6.45, 7) is 0. The summed E-state index contributed by atoms with van der Waals surface area (Å²) in [4.78, 5) is 27.9. The summed E-state index contributed by atoms with van der Waals surface area (Å²) in [6.07, 6.45) is 3.09. The average molecular weight is 359 g/mol. The van der Waals surface area contributed by atoms with Crippen LogP contribution in [0.4, 0.5) is 11.4 Å². The fourth-order valence-electron chi connectivity index (χ4n) is 1.62. The smallest absolute Gasteiger partial charge is 0.276 e. The second-order valence-electron chi connectivity index (χ2n) is 4.19. The predicted molar refractivity (Wildman–Crippen MR) is 87.6 cm³/mol. The van der Waals surface area contributed by atoms with Gasteiger partial charge in [-0.2, -0.15) is 0 Å². The maximum Gasteiger partial charge on any atom is 0.276 e. The number of alkyl halides is 3. The zero-order valence-electron chi connectivity index (χ0n) is 11.0. The Kier molecular flexibility index (Phi) is 5.24. The average Bonchev–Trinajstić information content (AvgIpc) is 2.47. The lowest BCUT2D eigenvalue weighted by molar-refractivity contribution is -0.115. The van der Waals surface area contributed by atoms with Crippen LogP contribution < -0.4 is 10.6 Å². The summed E-state index contributed by atoms with van der Waals surface area (Å²) in [7, 11) is 0. The number of anilines is 2. The Hall–Kier alpha value is -1.82. The molecule has 0 aliphatic rings. The van der Waals surface area contributed by atoms with Crippen LogP contribution in [-0.4, -0.2) is 20.6 Å². The van der Waals surface area contributed by atoms with Gasteiger partial charge in [0.1, 0.15) is 0 Å². The summed E-state index contributed by atoms with van der Waals surface area (Å²) in [5.74, 6) is -1.27. The maximum absolute atomic E-state index is 12.3. The second kappa shape index (κ2) is 6.96. The summed E-state index contributed by atoms with van der Waals surface area (Å²) in [5, 5.41) is 5.06. The van der Waals surface area contributed by atoms with Crippen LogP contribution in [0.15, 0.2) is 48.8 Å². The molecule has 1 aromatic heterocycles. The van der Waals surface area contributed by atoms with Crippen LogP contribution in [0, 0.1) is 0 Å². The maximum atomic E-state index is 12.3. The first kappa shape index (κ1) is 16.5. The number of carbonyl (C=O) groups is 2. The van der Waals surface area contributed by atoms with Crippen LogP contribution in [-0.2, 0) is 4.79 Å². The molecule has 0 saturated heterocycles. The van der Waals surface area contributed by atoms with Gasteiger partial charge in [0.05, 0.1) is 23.1 Å². The van der Waals surface area contributed by atoms with Crippen LogP contribution >= 0.6 is 34.8 Å². The first-order chi connectivity index (χ1) is 10.4. The van der Waals surface area contributed by atoms with Crippen LogP contribution in [0.1, 0.15) is 10.4 Å². The molecule has 0 saturated carbocycles. The van der Waals surface area contributed by atoms with E-state index >= 15 is 0 Å². The van der Waals surface area contributed by atoms with E-state index in [-0.39, 0.29) is 11.3 Å². The highest BCUT2D eigenvalue weighted by molar-refractivity contribution is 6.76. The van der Waals surface area contributed by atoms with E-state index in [1.54, 1.807) is 36.5 Å². The van der Waals surface area contributed by atoms with E-state index in [4.69, 9.17) is 34.8 Å². The minimum Gasteiger partial charge on any atom is -0.322 e. The Labute approximate surface area is 141 Å². The van der Waals surface area contributed by atoms with Crippen molar-refractivity contribution >= 4 is 58.0 Å². The lowest BCUT2D eigenvalue weighted by Crippen LogP contribution is -2.28. The molecule has 114 valence electrons. The molecule has 8 heteroatoms. The van der Waals surface area contributed by atoms with Crippen molar-refractivity contribution in [3.63, 3.8) is 0 Å². The molecule has 2 N–H and O–H groups in total. The van der Waals surface area contributed by atoms with Crippen LogP contribution in [0.2, 0.25) is 0 Å². The van der Waals surface area contributed by atoms with Crippen LogP contribution in [0.5, 0.6) is 0 Å². The van der Waals surface area contributed by atoms with Gasteiger partial charge in [0.15, 0.2) is 0 Å². The SMILES string of the molecule is O=C(Nc1cccnc1)c1ccccc1NC(=O)C(Cl)(Cl)Cl. The fraction of sp³-hybridized carbons (Fsp3) is 0.0714. The van der Waals surface area contributed by atoms with Crippen LogP contribution in [0.25, 0.3) is 0 Å². The number of benzene rings is 1. The van der Waals surface area contributed by atoms with E-state index in [1.807, 2.05) is 0 Å². The normalized spacial score (nSPS) is 10.9. The Morgan fingerprint density at radius 1 is 1.00 bits per heavy atom. The van der Waals surface area contributed by atoms with E-state index < -0.39 is 15.6 Å². The number of nitrogens with zero attached hydrogens (tertiary/aromatic N) is 1. The van der Waals surface area contributed by atoms with E-state index in [2.05, 4.69) is 15.6 Å². The van der Waals surface area contributed by atoms with E-state index in [0.29, 0.717) is 5.69 Å². The number of hydrogen-bond donors (Lipinski definition) is 2. The topological polar surface area (TPSA) is 71.1 Å². The minimum absolute atomic E-state index is 0.231. The Morgan fingerprint density at radius 3 is 2.36 bits per heavy atom. The largest absolute Gasteiger partial charge is 0.322 e. The Balaban J connectivity index is 2.21. The molecule has 22 heavy (non-hydrogen) atoms. The van der Waals surface area contributed by atoms with Crippen molar-refractivity contribution in [1.29, 1.82) is 0 Å². The Bertz CT molecular complexity index is 687. The summed E-state index contributed by atoms with van der Waals surface area (Å²) in [5.41, 5.74) is 0.990. The highest BCUT2D eigenvalue weighted by Gasteiger charge is 2.31. The van der Waals surface area contributed by atoms with Gasteiger partial charge in [-0.05, 0) is 24.3 Å². The van der Waals surface area contributed by atoms with E-state index in [0.717, 1.165) is 0 Å². The van der Waals surface area contributed by atoms with Gasteiger partial charge in [-0.1, -0.05) is 46.9 Å². The molecule has 2 aromatic rings. The van der Waals surface area contributed by atoms with Gasteiger partial charge in [-0.25, -0.2) is 0 Å². The lowest BCUT2D eigenvalue weighted by Gasteiger charge is -2.14. The molecular formula is C14H10Cl3N3O2. The quantitative estimate of drug-likeness (QED) is 0.823. The third-order valence-electron chi connectivity index (χ3n) is 2.60. The molecule has 1 aromatic carbocycles. The first-order valence-corrected chi connectivity index (χ1v) is 7.20. The minimum atomic E-state index is -2.12. The van der Waals surface area contributed by atoms with Gasteiger partial charge < -0.3 is 10.6 Å². The van der Waals surface area contributed by atoms with Crippen molar-refractivity contribution in [2.45, 2.75) is 3.79 Å². The molecule has 1 heterocycles. The number of carbonyl (C=O) groups excluding carboxylic acids is 2. The highest BCUT2D eigenvalue weighted by atomic mass is 35.6. The third kappa shape index (κ3) is 4.34. The van der Waals surface area contributed by atoms with Gasteiger partial charge in [0, 0.05) is 6.20 Å². The van der Waals surface area contributed by atoms with Crippen LogP contribution in [0.3, 0.4) is 0 Å². The fourth-order valence-corrected chi connectivity index (χ4v) is 1.76. The molecule has 0 spiro atoms. The van der Waals surface area contributed by atoms with Gasteiger partial charge in [-0.3, -0.25) is 14.6 Å². The number of rotatable bonds is 3. The van der Waals surface area contributed by atoms with Crippen molar-refractivity contribution in [3.05, 3.63) is 54.4 Å². The number of halogens is 3. The van der Waals surface area contributed by atoms with Crippen molar-refractivity contribution in [2.24, 2.45) is 0 Å². The monoisotopic (exact) mass is 357 g/mol. The molecule has 0 fully saturated rings. The van der Waals surface area contributed by atoms with E-state index in [9.17, 15) is 9.59 Å². The summed E-state index contributed by atoms with van der Waals surface area (Å²) < 4.78 is -2.12. The number of nitrogens with one attached hydrogen (secondary N) is 2. The summed E-state index contributed by atoms with van der Waals surface area (Å²) in [6, 6.07) is 9.75. The number of amides is 2. The van der Waals surface area contributed by atoms with Crippen molar-refractivity contribution in [1.82, 2.24) is 4.98 Å². The molecule has 2 amide bonds. The zero-order chi connectivity index (χ0) is 16.2. The standard InChI is InChI=1S/C14H10Cl3N3O2/c15-14(16,17)13(22)20-11-6-2-1-5-10(11)12(21)19-9-4-3-7-18-8-9/h1-8H,(H,19,21)(H,20,22). The van der Waals surface area contributed by atoms with Crippen molar-refractivity contribution in [2.75, 3.05) is 10.6 Å². The molecule has 2 rings (SSSR count). The van der Waals surface area contributed by atoms with Gasteiger partial charge >= 0.3 is 0 Å². The molecule has 0 aliphatic heterocycles. The van der Waals surface area contributed by atoms with Gasteiger partial charge in [-0.15, -0.1) is 0 Å². The lowest BCUT2D eigenvalue weighted by atomic mass is 10.1. The molecular weight excluding hydrogens is 349 g/mol. The number of para-hydroxylation sites is 1. The van der Waals surface area contributed by atoms with Crippen molar-refractivity contribution in [3.8, 4) is 0 Å². The molecule has 0 atom stereocenters. The molecule has 0 radical (unpaired) electrons. The zero-order valence-corrected chi connectivity index (χ0v) is 13.3. The number of pyridine rings is 1. The number of aromatic nitrogens is 1. The van der Waals surface area contributed by atoms with Crippen molar-refractivity contribution < 1.29 is 9.59 Å². The van der Waals surface area contributed by atoms with Gasteiger partial charge in [0.25, 0.3) is 15.6 Å². The van der Waals surface area contributed by atoms with E-state index in [1.165, 1.54) is 12.3 Å². The Morgan fingerprint density at radius 2 is 1.73 bits per heavy atom.